The first-order valence-electron chi connectivity index (χ1n) is 9.38. The first-order valence-corrected chi connectivity index (χ1v) is 9.38. The van der Waals surface area contributed by atoms with Gasteiger partial charge >= 0.3 is 0 Å². The lowest BCUT2D eigenvalue weighted by Crippen LogP contribution is -2.38. The zero-order valence-electron chi connectivity index (χ0n) is 16.5. The highest BCUT2D eigenvalue weighted by atomic mass is 19.1. The van der Waals surface area contributed by atoms with Gasteiger partial charge in [-0.1, -0.05) is 18.2 Å². The molecule has 0 aromatic heterocycles. The molecule has 1 aliphatic heterocycles. The molecule has 1 aliphatic rings. The second kappa shape index (κ2) is 8.95. The van der Waals surface area contributed by atoms with Crippen molar-refractivity contribution in [1.82, 2.24) is 4.90 Å². The number of hydrogen-bond acceptors (Lipinski definition) is 4. The Morgan fingerprint density at radius 1 is 1.04 bits per heavy atom. The maximum absolute atomic E-state index is 14.0. The van der Waals surface area contributed by atoms with Gasteiger partial charge in [-0.3, -0.25) is 4.79 Å². The number of rotatable bonds is 6. The van der Waals surface area contributed by atoms with Crippen LogP contribution in [0.4, 0.5) is 4.39 Å². The number of carbonyl (C=O) groups is 1. The van der Waals surface area contributed by atoms with Crippen LogP contribution in [0.3, 0.4) is 0 Å². The number of likely N-dealkylation sites (tertiary alicyclic amines) is 1. The molecular formula is C22H26FNO4. The third-order valence-electron chi connectivity index (χ3n) is 5.27. The molecule has 0 atom stereocenters. The summed E-state index contributed by atoms with van der Waals surface area (Å²) in [5.74, 6) is 1.61. The van der Waals surface area contributed by atoms with Crippen LogP contribution in [0, 0.1) is 5.82 Å². The van der Waals surface area contributed by atoms with Gasteiger partial charge in [-0.25, -0.2) is 4.39 Å². The van der Waals surface area contributed by atoms with Crippen molar-refractivity contribution in [1.29, 1.82) is 0 Å². The van der Waals surface area contributed by atoms with E-state index in [0.717, 1.165) is 24.0 Å². The van der Waals surface area contributed by atoms with Gasteiger partial charge in [0.1, 0.15) is 5.82 Å². The molecule has 0 bridgehead atoms. The topological polar surface area (TPSA) is 48.0 Å². The zero-order valence-corrected chi connectivity index (χ0v) is 16.5. The maximum Gasteiger partial charge on any atom is 0.226 e. The summed E-state index contributed by atoms with van der Waals surface area (Å²) in [6.07, 6.45) is 1.78. The Labute approximate surface area is 165 Å². The lowest BCUT2D eigenvalue weighted by Gasteiger charge is -2.32. The number of benzene rings is 2. The molecule has 150 valence electrons. The first kappa shape index (κ1) is 20.0. The second-order valence-corrected chi connectivity index (χ2v) is 6.89. The fourth-order valence-electron chi connectivity index (χ4n) is 3.77. The van der Waals surface area contributed by atoms with E-state index in [2.05, 4.69) is 0 Å². The van der Waals surface area contributed by atoms with E-state index in [4.69, 9.17) is 14.2 Å². The fraction of sp³-hybridized carbons (Fsp3) is 0.409. The summed E-state index contributed by atoms with van der Waals surface area (Å²) in [5, 5.41) is 0. The molecular weight excluding hydrogens is 361 g/mol. The molecule has 0 aliphatic carbocycles. The van der Waals surface area contributed by atoms with Crippen molar-refractivity contribution >= 4 is 5.91 Å². The van der Waals surface area contributed by atoms with Gasteiger partial charge in [0.05, 0.1) is 27.8 Å². The quantitative estimate of drug-likeness (QED) is 0.757. The Kier molecular flexibility index (Phi) is 6.39. The Hall–Kier alpha value is -2.76. The van der Waals surface area contributed by atoms with Crippen molar-refractivity contribution in [2.45, 2.75) is 25.2 Å². The van der Waals surface area contributed by atoms with E-state index >= 15 is 0 Å². The number of amides is 1. The van der Waals surface area contributed by atoms with Crippen LogP contribution >= 0.6 is 0 Å². The van der Waals surface area contributed by atoms with Gasteiger partial charge in [-0.05, 0) is 48.1 Å². The lowest BCUT2D eigenvalue weighted by molar-refractivity contribution is -0.131. The molecule has 0 radical (unpaired) electrons. The minimum absolute atomic E-state index is 0.0428. The van der Waals surface area contributed by atoms with Crippen LogP contribution in [0.25, 0.3) is 0 Å². The molecule has 28 heavy (non-hydrogen) atoms. The van der Waals surface area contributed by atoms with Crippen LogP contribution in [0.1, 0.15) is 29.9 Å². The second-order valence-electron chi connectivity index (χ2n) is 6.89. The predicted molar refractivity (Wildman–Crippen MR) is 105 cm³/mol. The average molecular weight is 387 g/mol. The molecule has 1 saturated heterocycles. The summed E-state index contributed by atoms with van der Waals surface area (Å²) in [7, 11) is 4.65. The summed E-state index contributed by atoms with van der Waals surface area (Å²) >= 11 is 0. The van der Waals surface area contributed by atoms with Crippen molar-refractivity contribution in [3.8, 4) is 17.2 Å². The molecule has 0 saturated carbocycles. The van der Waals surface area contributed by atoms with E-state index in [1.54, 1.807) is 39.5 Å². The van der Waals surface area contributed by atoms with Crippen LogP contribution in [-0.4, -0.2) is 45.2 Å². The molecule has 0 spiro atoms. The summed E-state index contributed by atoms with van der Waals surface area (Å²) in [5.41, 5.74) is 1.55. The Balaban J connectivity index is 1.66. The SMILES string of the molecule is COc1cc(CC(=O)N2CCC(c3ccccc3F)CC2)cc(OC)c1OC. The zero-order chi connectivity index (χ0) is 20.1. The molecule has 1 heterocycles. The highest BCUT2D eigenvalue weighted by molar-refractivity contribution is 5.79. The third kappa shape index (κ3) is 4.21. The van der Waals surface area contributed by atoms with Gasteiger partial charge in [0.25, 0.3) is 0 Å². The predicted octanol–water partition coefficient (Wildman–Crippen LogP) is 3.80. The Bertz CT molecular complexity index is 806. The summed E-state index contributed by atoms with van der Waals surface area (Å²) in [4.78, 5) is 14.6. The monoisotopic (exact) mass is 387 g/mol. The van der Waals surface area contributed by atoms with Crippen LogP contribution in [0.2, 0.25) is 0 Å². The van der Waals surface area contributed by atoms with Gasteiger partial charge in [-0.2, -0.15) is 0 Å². The Morgan fingerprint density at radius 2 is 1.64 bits per heavy atom. The molecule has 0 unspecified atom stereocenters. The minimum Gasteiger partial charge on any atom is -0.493 e. The summed E-state index contributed by atoms with van der Waals surface area (Å²) in [6.45, 7) is 1.25. The van der Waals surface area contributed by atoms with Crippen LogP contribution in [0.15, 0.2) is 36.4 Å². The van der Waals surface area contributed by atoms with E-state index in [1.807, 2.05) is 17.0 Å². The Morgan fingerprint density at radius 3 is 2.18 bits per heavy atom. The number of methoxy groups -OCH3 is 3. The van der Waals surface area contributed by atoms with E-state index in [9.17, 15) is 9.18 Å². The third-order valence-corrected chi connectivity index (χ3v) is 5.27. The van der Waals surface area contributed by atoms with Gasteiger partial charge in [0, 0.05) is 13.1 Å². The molecule has 3 rings (SSSR count). The molecule has 2 aromatic rings. The molecule has 5 nitrogen and oxygen atoms in total. The number of ether oxygens (including phenoxy) is 3. The smallest absolute Gasteiger partial charge is 0.226 e. The van der Waals surface area contributed by atoms with Crippen molar-refractivity contribution in [3.05, 3.63) is 53.3 Å². The standard InChI is InChI=1S/C22H26FNO4/c1-26-19-12-15(13-20(27-2)22(19)28-3)14-21(25)24-10-8-16(9-11-24)17-6-4-5-7-18(17)23/h4-7,12-13,16H,8-11,14H2,1-3H3. The number of nitrogens with zero attached hydrogens (tertiary/aromatic N) is 1. The number of halogens is 1. The highest BCUT2D eigenvalue weighted by Crippen LogP contribution is 2.38. The molecule has 6 heteroatoms. The normalized spacial score (nSPS) is 14.6. The molecule has 2 aromatic carbocycles. The van der Waals surface area contributed by atoms with Gasteiger partial charge in [0.2, 0.25) is 11.7 Å². The van der Waals surface area contributed by atoms with Crippen molar-refractivity contribution in [2.24, 2.45) is 0 Å². The van der Waals surface area contributed by atoms with Crippen LogP contribution in [0.5, 0.6) is 17.2 Å². The highest BCUT2D eigenvalue weighted by Gasteiger charge is 2.26. The molecule has 1 fully saturated rings. The van der Waals surface area contributed by atoms with Crippen LogP contribution in [-0.2, 0) is 11.2 Å². The van der Waals surface area contributed by atoms with Gasteiger partial charge in [0.15, 0.2) is 11.5 Å². The van der Waals surface area contributed by atoms with E-state index in [1.165, 1.54) is 6.07 Å². The van der Waals surface area contributed by atoms with Crippen molar-refractivity contribution in [2.75, 3.05) is 34.4 Å². The summed E-state index contributed by atoms with van der Waals surface area (Å²) in [6, 6.07) is 10.5. The van der Waals surface area contributed by atoms with Gasteiger partial charge in [-0.15, -0.1) is 0 Å². The summed E-state index contributed by atoms with van der Waals surface area (Å²) < 4.78 is 30.0. The minimum atomic E-state index is -0.162. The average Bonchev–Trinajstić information content (AvgIpc) is 2.73. The van der Waals surface area contributed by atoms with Crippen molar-refractivity contribution < 1.29 is 23.4 Å². The van der Waals surface area contributed by atoms with E-state index in [-0.39, 0.29) is 24.1 Å². The molecule has 0 N–H and O–H groups in total. The maximum atomic E-state index is 14.0. The number of piperidine rings is 1. The number of carbonyl (C=O) groups excluding carboxylic acids is 1. The van der Waals surface area contributed by atoms with E-state index in [0.29, 0.717) is 30.3 Å². The van der Waals surface area contributed by atoms with E-state index < -0.39 is 0 Å². The van der Waals surface area contributed by atoms with Crippen molar-refractivity contribution in [3.63, 3.8) is 0 Å². The van der Waals surface area contributed by atoms with Crippen LogP contribution < -0.4 is 14.2 Å². The first-order chi connectivity index (χ1) is 13.6. The largest absolute Gasteiger partial charge is 0.493 e. The lowest BCUT2D eigenvalue weighted by atomic mass is 9.89. The number of hydrogen-bond donors (Lipinski definition) is 0. The fourth-order valence-corrected chi connectivity index (χ4v) is 3.77. The molecule has 1 amide bonds. The van der Waals surface area contributed by atoms with Gasteiger partial charge < -0.3 is 19.1 Å².